The molecule has 5 heteroatoms. The third-order valence-corrected chi connectivity index (χ3v) is 4.22. The van der Waals surface area contributed by atoms with E-state index in [-0.39, 0.29) is 11.7 Å². The van der Waals surface area contributed by atoms with Crippen molar-refractivity contribution in [1.29, 1.82) is 0 Å². The van der Waals surface area contributed by atoms with Gasteiger partial charge in [-0.15, -0.1) is 0 Å². The number of oxime groups is 1. The van der Waals surface area contributed by atoms with Crippen LogP contribution in [0.1, 0.15) is 51.9 Å². The molecule has 102 valence electrons. The van der Waals surface area contributed by atoms with E-state index in [1.54, 1.807) is 0 Å². The standard InChI is InChI=1S/C13H23N3O2/c1-2-3-9-16(10-5-6-10)12(17)13(7-4-8-13)11(14)15-18/h10,18H,2-9H2,1H3,(H2,14,15). The highest BCUT2D eigenvalue weighted by Gasteiger charge is 2.52. The zero-order valence-electron chi connectivity index (χ0n) is 11.1. The van der Waals surface area contributed by atoms with Gasteiger partial charge in [-0.05, 0) is 32.1 Å². The molecule has 2 rings (SSSR count). The van der Waals surface area contributed by atoms with E-state index in [9.17, 15) is 4.79 Å². The van der Waals surface area contributed by atoms with Crippen molar-refractivity contribution >= 4 is 11.7 Å². The van der Waals surface area contributed by atoms with Gasteiger partial charge in [0.25, 0.3) is 0 Å². The second-order valence-corrected chi connectivity index (χ2v) is 5.50. The summed E-state index contributed by atoms with van der Waals surface area (Å²) in [5, 5.41) is 12.0. The lowest BCUT2D eigenvalue weighted by Crippen LogP contribution is -2.55. The van der Waals surface area contributed by atoms with Gasteiger partial charge < -0.3 is 15.8 Å². The summed E-state index contributed by atoms with van der Waals surface area (Å²) in [6.45, 7) is 2.93. The first-order valence-electron chi connectivity index (χ1n) is 6.95. The van der Waals surface area contributed by atoms with Gasteiger partial charge >= 0.3 is 0 Å². The van der Waals surface area contributed by atoms with E-state index in [0.717, 1.165) is 51.5 Å². The molecule has 3 N–H and O–H groups in total. The molecule has 2 aliphatic rings. The molecule has 0 radical (unpaired) electrons. The second kappa shape index (κ2) is 5.16. The summed E-state index contributed by atoms with van der Waals surface area (Å²) in [7, 11) is 0. The summed E-state index contributed by atoms with van der Waals surface area (Å²) in [5.74, 6) is 0.181. The Balaban J connectivity index is 2.11. The Morgan fingerprint density at radius 3 is 2.56 bits per heavy atom. The molecule has 2 fully saturated rings. The number of amidine groups is 1. The molecule has 0 saturated heterocycles. The molecular formula is C13H23N3O2. The fourth-order valence-electron chi connectivity index (χ4n) is 2.65. The minimum absolute atomic E-state index is 0.0833. The fourth-order valence-corrected chi connectivity index (χ4v) is 2.65. The number of unbranched alkanes of at least 4 members (excludes halogenated alkanes) is 1. The van der Waals surface area contributed by atoms with Crippen molar-refractivity contribution in [1.82, 2.24) is 4.90 Å². The van der Waals surface area contributed by atoms with E-state index < -0.39 is 5.41 Å². The summed E-state index contributed by atoms with van der Waals surface area (Å²) < 4.78 is 0. The molecule has 18 heavy (non-hydrogen) atoms. The maximum atomic E-state index is 12.7. The highest BCUT2D eigenvalue weighted by molar-refractivity contribution is 6.07. The molecule has 2 saturated carbocycles. The number of nitrogens with zero attached hydrogens (tertiary/aromatic N) is 2. The fraction of sp³-hybridized carbons (Fsp3) is 0.846. The first-order valence-corrected chi connectivity index (χ1v) is 6.95. The van der Waals surface area contributed by atoms with Gasteiger partial charge in [-0.3, -0.25) is 4.79 Å². The van der Waals surface area contributed by atoms with Gasteiger partial charge in [-0.2, -0.15) is 0 Å². The molecule has 0 aromatic carbocycles. The largest absolute Gasteiger partial charge is 0.409 e. The molecule has 2 aliphatic carbocycles. The Morgan fingerprint density at radius 1 is 1.50 bits per heavy atom. The van der Waals surface area contributed by atoms with Crippen LogP contribution in [0.4, 0.5) is 0 Å². The zero-order chi connectivity index (χ0) is 13.2. The van der Waals surface area contributed by atoms with Gasteiger partial charge in [-0.25, -0.2) is 0 Å². The molecule has 0 heterocycles. The summed E-state index contributed by atoms with van der Waals surface area (Å²) >= 11 is 0. The van der Waals surface area contributed by atoms with Crippen molar-refractivity contribution in [3.05, 3.63) is 0 Å². The SMILES string of the molecule is CCCCN(C(=O)C1(C(N)=NO)CCC1)C1CC1. The number of hydrogen-bond donors (Lipinski definition) is 2. The highest BCUT2D eigenvalue weighted by atomic mass is 16.4. The van der Waals surface area contributed by atoms with Crippen LogP contribution in [0.25, 0.3) is 0 Å². The summed E-state index contributed by atoms with van der Waals surface area (Å²) in [4.78, 5) is 14.7. The molecule has 0 unspecified atom stereocenters. The van der Waals surface area contributed by atoms with Crippen molar-refractivity contribution < 1.29 is 10.0 Å². The topological polar surface area (TPSA) is 78.9 Å². The molecular weight excluding hydrogens is 230 g/mol. The second-order valence-electron chi connectivity index (χ2n) is 5.50. The Hall–Kier alpha value is -1.26. The van der Waals surface area contributed by atoms with Crippen molar-refractivity contribution in [2.24, 2.45) is 16.3 Å². The van der Waals surface area contributed by atoms with Crippen molar-refractivity contribution in [3.8, 4) is 0 Å². The number of nitrogens with two attached hydrogens (primary N) is 1. The van der Waals surface area contributed by atoms with Gasteiger partial charge in [0, 0.05) is 12.6 Å². The van der Waals surface area contributed by atoms with Crippen molar-refractivity contribution in [2.75, 3.05) is 6.54 Å². The van der Waals surface area contributed by atoms with Gasteiger partial charge in [0.05, 0.1) is 0 Å². The van der Waals surface area contributed by atoms with Crippen LogP contribution in [0.2, 0.25) is 0 Å². The third kappa shape index (κ3) is 2.18. The van der Waals surface area contributed by atoms with Crippen LogP contribution in [0.15, 0.2) is 5.16 Å². The molecule has 0 bridgehead atoms. The molecule has 0 aliphatic heterocycles. The lowest BCUT2D eigenvalue weighted by Gasteiger charge is -2.42. The normalized spacial score (nSPS) is 22.4. The minimum atomic E-state index is -0.703. The third-order valence-electron chi connectivity index (χ3n) is 4.22. The van der Waals surface area contributed by atoms with Gasteiger partial charge in [0.15, 0.2) is 5.84 Å². The summed E-state index contributed by atoms with van der Waals surface area (Å²) in [6.07, 6.45) is 6.72. The number of amides is 1. The number of carbonyl (C=O) groups is 1. The minimum Gasteiger partial charge on any atom is -0.409 e. The molecule has 0 spiro atoms. The average Bonchev–Trinajstić information content (AvgIpc) is 3.12. The first kappa shape index (κ1) is 13.2. The lowest BCUT2D eigenvalue weighted by molar-refractivity contribution is -0.143. The molecule has 0 atom stereocenters. The number of rotatable bonds is 6. The van der Waals surface area contributed by atoms with Crippen LogP contribution >= 0.6 is 0 Å². The Morgan fingerprint density at radius 2 is 2.17 bits per heavy atom. The summed E-state index contributed by atoms with van der Waals surface area (Å²) in [6, 6.07) is 0.396. The Labute approximate surface area is 108 Å². The van der Waals surface area contributed by atoms with E-state index in [2.05, 4.69) is 12.1 Å². The Kier molecular flexibility index (Phi) is 3.78. The Bertz CT molecular complexity index is 346. The van der Waals surface area contributed by atoms with Crippen LogP contribution in [0, 0.1) is 5.41 Å². The summed E-state index contributed by atoms with van der Waals surface area (Å²) in [5.41, 5.74) is 5.05. The predicted octanol–water partition coefficient (Wildman–Crippen LogP) is 1.69. The maximum absolute atomic E-state index is 12.7. The van der Waals surface area contributed by atoms with Crippen LogP contribution in [0.5, 0.6) is 0 Å². The van der Waals surface area contributed by atoms with Crippen LogP contribution in [0.3, 0.4) is 0 Å². The lowest BCUT2D eigenvalue weighted by atomic mass is 9.66. The van der Waals surface area contributed by atoms with Crippen LogP contribution in [-0.2, 0) is 4.79 Å². The van der Waals surface area contributed by atoms with Gasteiger partial charge in [0.2, 0.25) is 5.91 Å². The average molecular weight is 253 g/mol. The first-order chi connectivity index (χ1) is 8.65. The van der Waals surface area contributed by atoms with Gasteiger partial charge in [-0.1, -0.05) is 24.9 Å². The monoisotopic (exact) mass is 253 g/mol. The maximum Gasteiger partial charge on any atom is 0.236 e. The van der Waals surface area contributed by atoms with Crippen LogP contribution in [-0.4, -0.2) is 34.4 Å². The molecule has 0 aromatic heterocycles. The van der Waals surface area contributed by atoms with Gasteiger partial charge in [0.1, 0.15) is 5.41 Å². The quantitative estimate of drug-likeness (QED) is 0.327. The smallest absolute Gasteiger partial charge is 0.236 e. The van der Waals surface area contributed by atoms with E-state index in [1.165, 1.54) is 0 Å². The highest BCUT2D eigenvalue weighted by Crippen LogP contribution is 2.44. The molecule has 0 aromatic rings. The van der Waals surface area contributed by atoms with E-state index in [4.69, 9.17) is 10.9 Å². The predicted molar refractivity (Wildman–Crippen MR) is 69.3 cm³/mol. The molecule has 1 amide bonds. The number of hydrogen-bond acceptors (Lipinski definition) is 3. The van der Waals surface area contributed by atoms with E-state index in [1.807, 2.05) is 4.90 Å². The van der Waals surface area contributed by atoms with Crippen molar-refractivity contribution in [3.63, 3.8) is 0 Å². The van der Waals surface area contributed by atoms with E-state index in [0.29, 0.717) is 6.04 Å². The number of carbonyl (C=O) groups excluding carboxylic acids is 1. The van der Waals surface area contributed by atoms with Crippen molar-refractivity contribution in [2.45, 2.75) is 57.9 Å². The van der Waals surface area contributed by atoms with E-state index >= 15 is 0 Å². The zero-order valence-corrected chi connectivity index (χ0v) is 11.1. The van der Waals surface area contributed by atoms with Crippen LogP contribution < -0.4 is 5.73 Å². The molecule has 5 nitrogen and oxygen atoms in total.